The molecule has 0 saturated heterocycles. The number of hydrogen-bond donors (Lipinski definition) is 1. The Balaban J connectivity index is 1.93. The van der Waals surface area contributed by atoms with Crippen LogP contribution < -0.4 is 10.2 Å². The fourth-order valence-corrected chi connectivity index (χ4v) is 3.64. The number of nitrogens with zero attached hydrogens (tertiary/aromatic N) is 2. The Kier molecular flexibility index (Phi) is 5.70. The lowest BCUT2D eigenvalue weighted by Gasteiger charge is -2.19. The molecule has 6 nitrogen and oxygen atoms in total. The fraction of sp³-hybridized carbons (Fsp3) is 0.150. The topological polar surface area (TPSA) is 75.5 Å². The summed E-state index contributed by atoms with van der Waals surface area (Å²) in [4.78, 5) is 26.2. The van der Waals surface area contributed by atoms with E-state index in [1.54, 1.807) is 43.3 Å². The van der Waals surface area contributed by atoms with Gasteiger partial charge in [0.1, 0.15) is 11.5 Å². The van der Waals surface area contributed by atoms with Crippen molar-refractivity contribution in [3.05, 3.63) is 91.9 Å². The maximum atomic E-state index is 13.3. The number of halogens is 1. The number of hydrogen-bond acceptors (Lipinski definition) is 5. The predicted octanol–water partition coefficient (Wildman–Crippen LogP) is 4.38. The van der Waals surface area contributed by atoms with Crippen molar-refractivity contribution >= 4 is 28.6 Å². The average Bonchev–Trinajstić information content (AvgIpc) is 3.20. The number of anilines is 1. The summed E-state index contributed by atoms with van der Waals surface area (Å²) in [5.41, 5.74) is 1.17. The van der Waals surface area contributed by atoms with Gasteiger partial charge in [-0.1, -0.05) is 18.2 Å². The Morgan fingerprint density at radius 1 is 1.18 bits per heavy atom. The summed E-state index contributed by atoms with van der Waals surface area (Å²) in [5, 5.41) is 16.2. The Morgan fingerprint density at radius 3 is 2.46 bits per heavy atom. The van der Waals surface area contributed by atoms with E-state index >= 15 is 0 Å². The van der Waals surface area contributed by atoms with Gasteiger partial charge in [0.15, 0.2) is 0 Å². The number of benzene rings is 2. The minimum Gasteiger partial charge on any atom is -0.372 e. The van der Waals surface area contributed by atoms with Crippen LogP contribution in [0.5, 0.6) is 0 Å². The lowest BCUT2D eigenvalue weighted by molar-refractivity contribution is -0.384. The van der Waals surface area contributed by atoms with Crippen molar-refractivity contribution < 1.29 is 14.1 Å². The van der Waals surface area contributed by atoms with E-state index in [-0.39, 0.29) is 17.1 Å². The molecule has 3 rings (SSSR count). The van der Waals surface area contributed by atoms with Crippen LogP contribution in [0.2, 0.25) is 0 Å². The molecule has 0 fully saturated rings. The molecule has 0 aliphatic rings. The Bertz CT molecular complexity index is 988. The second-order valence-corrected chi connectivity index (χ2v) is 7.31. The van der Waals surface area contributed by atoms with Gasteiger partial charge < -0.3 is 10.2 Å². The van der Waals surface area contributed by atoms with Crippen LogP contribution in [0, 0.1) is 15.9 Å². The summed E-state index contributed by atoms with van der Waals surface area (Å²) >= 11 is 1.46. The molecule has 1 heterocycles. The molecule has 0 spiro atoms. The number of carbonyl (C=O) groups is 1. The number of nitrogens with one attached hydrogen (secondary N) is 1. The second kappa shape index (κ2) is 8.18. The van der Waals surface area contributed by atoms with Crippen LogP contribution in [-0.2, 0) is 0 Å². The maximum Gasteiger partial charge on any atom is 0.293 e. The highest BCUT2D eigenvalue weighted by atomic mass is 32.1. The maximum absolute atomic E-state index is 13.3. The van der Waals surface area contributed by atoms with Gasteiger partial charge in [0.05, 0.1) is 11.0 Å². The first-order chi connectivity index (χ1) is 13.4. The van der Waals surface area contributed by atoms with E-state index in [2.05, 4.69) is 5.32 Å². The van der Waals surface area contributed by atoms with E-state index in [9.17, 15) is 19.3 Å². The predicted molar refractivity (Wildman–Crippen MR) is 107 cm³/mol. The summed E-state index contributed by atoms with van der Waals surface area (Å²) < 4.78 is 13.3. The first-order valence-electron chi connectivity index (χ1n) is 8.42. The molecular formula is C20H18FN3O3S. The molecule has 0 aliphatic heterocycles. The molecule has 1 aromatic heterocycles. The summed E-state index contributed by atoms with van der Waals surface area (Å²) in [7, 11) is 3.40. The van der Waals surface area contributed by atoms with Crippen molar-refractivity contribution in [2.45, 2.75) is 6.04 Å². The van der Waals surface area contributed by atoms with Crippen molar-refractivity contribution in [2.24, 2.45) is 0 Å². The van der Waals surface area contributed by atoms with Gasteiger partial charge in [-0.3, -0.25) is 14.9 Å². The van der Waals surface area contributed by atoms with Crippen molar-refractivity contribution in [3.8, 4) is 0 Å². The summed E-state index contributed by atoms with van der Waals surface area (Å²) in [6.07, 6.45) is 0. The largest absolute Gasteiger partial charge is 0.372 e. The van der Waals surface area contributed by atoms with Crippen LogP contribution in [0.25, 0.3) is 0 Å². The van der Waals surface area contributed by atoms with Gasteiger partial charge in [-0.25, -0.2) is 4.39 Å². The van der Waals surface area contributed by atoms with Gasteiger partial charge >= 0.3 is 0 Å². The van der Waals surface area contributed by atoms with Gasteiger partial charge in [-0.15, -0.1) is 11.3 Å². The lowest BCUT2D eigenvalue weighted by atomic mass is 10.0. The number of carbonyl (C=O) groups excluding carboxylic acids is 1. The van der Waals surface area contributed by atoms with Gasteiger partial charge in [-0.05, 0) is 41.3 Å². The van der Waals surface area contributed by atoms with E-state index < -0.39 is 16.9 Å². The number of rotatable bonds is 6. The molecule has 28 heavy (non-hydrogen) atoms. The van der Waals surface area contributed by atoms with E-state index in [1.165, 1.54) is 29.5 Å². The van der Waals surface area contributed by atoms with E-state index in [0.717, 1.165) is 10.4 Å². The first kappa shape index (κ1) is 19.5. The molecule has 0 bridgehead atoms. The van der Waals surface area contributed by atoms with Crippen LogP contribution in [0.3, 0.4) is 0 Å². The van der Waals surface area contributed by atoms with Crippen molar-refractivity contribution in [1.82, 2.24) is 5.32 Å². The fourth-order valence-electron chi connectivity index (χ4n) is 2.83. The minimum absolute atomic E-state index is 0.146. The molecule has 1 unspecified atom stereocenters. The highest BCUT2D eigenvalue weighted by Gasteiger charge is 2.22. The SMILES string of the molecule is CN(C)c1ccc(C(=O)NC(c2ccc(F)cc2)c2cccs2)cc1[N+](=O)[O-]. The van der Waals surface area contributed by atoms with Crippen LogP contribution in [0.1, 0.15) is 26.8 Å². The molecule has 0 saturated carbocycles. The molecular weight excluding hydrogens is 381 g/mol. The monoisotopic (exact) mass is 399 g/mol. The standard InChI is InChI=1S/C20H18FN3O3S/c1-23(2)16-10-7-14(12-17(16)24(26)27)20(25)22-19(18-4-3-11-28-18)13-5-8-15(21)9-6-13/h3-12,19H,1-2H3,(H,22,25). The number of nitro groups is 1. The molecule has 1 N–H and O–H groups in total. The van der Waals surface area contributed by atoms with Crippen molar-refractivity contribution in [2.75, 3.05) is 19.0 Å². The Labute approximate surface area is 165 Å². The first-order valence-corrected chi connectivity index (χ1v) is 9.30. The number of thiophene rings is 1. The van der Waals surface area contributed by atoms with E-state index in [4.69, 9.17) is 0 Å². The van der Waals surface area contributed by atoms with Crippen molar-refractivity contribution in [3.63, 3.8) is 0 Å². The van der Waals surface area contributed by atoms with Crippen LogP contribution in [0.15, 0.2) is 60.0 Å². The van der Waals surface area contributed by atoms with Crippen molar-refractivity contribution in [1.29, 1.82) is 0 Å². The normalized spacial score (nSPS) is 11.7. The highest BCUT2D eigenvalue weighted by molar-refractivity contribution is 7.10. The van der Waals surface area contributed by atoms with Crippen LogP contribution in [-0.4, -0.2) is 24.9 Å². The van der Waals surface area contributed by atoms with Gasteiger partial charge in [0, 0.05) is 30.6 Å². The molecule has 0 aliphatic carbocycles. The lowest BCUT2D eigenvalue weighted by Crippen LogP contribution is -2.29. The second-order valence-electron chi connectivity index (χ2n) is 6.33. The van der Waals surface area contributed by atoms with Gasteiger partial charge in [0.25, 0.3) is 11.6 Å². The highest BCUT2D eigenvalue weighted by Crippen LogP contribution is 2.29. The van der Waals surface area contributed by atoms with Crippen LogP contribution in [0.4, 0.5) is 15.8 Å². The molecule has 8 heteroatoms. The zero-order valence-electron chi connectivity index (χ0n) is 15.3. The molecule has 1 atom stereocenters. The third kappa shape index (κ3) is 4.17. The molecule has 1 amide bonds. The minimum atomic E-state index is -0.511. The zero-order valence-corrected chi connectivity index (χ0v) is 16.1. The summed E-state index contributed by atoms with van der Waals surface area (Å²) in [6.45, 7) is 0. The third-order valence-electron chi connectivity index (χ3n) is 4.22. The van der Waals surface area contributed by atoms with E-state index in [0.29, 0.717) is 5.69 Å². The summed E-state index contributed by atoms with van der Waals surface area (Å²) in [6, 6.07) is 13.5. The third-order valence-corrected chi connectivity index (χ3v) is 5.16. The molecule has 0 radical (unpaired) electrons. The summed E-state index contributed by atoms with van der Waals surface area (Å²) in [5.74, 6) is -0.814. The van der Waals surface area contributed by atoms with Gasteiger partial charge in [0.2, 0.25) is 0 Å². The molecule has 144 valence electrons. The Morgan fingerprint density at radius 2 is 1.89 bits per heavy atom. The Hall–Kier alpha value is -3.26. The van der Waals surface area contributed by atoms with Gasteiger partial charge in [-0.2, -0.15) is 0 Å². The quantitative estimate of drug-likeness (QED) is 0.493. The smallest absolute Gasteiger partial charge is 0.293 e. The number of amides is 1. The average molecular weight is 399 g/mol. The van der Waals surface area contributed by atoms with E-state index in [1.807, 2.05) is 17.5 Å². The molecule has 2 aromatic carbocycles. The van der Waals surface area contributed by atoms with Crippen LogP contribution >= 0.6 is 11.3 Å². The zero-order chi connectivity index (χ0) is 20.3. The molecule has 3 aromatic rings. The number of nitro benzene ring substituents is 1.